The Morgan fingerprint density at radius 1 is 1.11 bits per heavy atom. The number of halogens is 4. The fourth-order valence-corrected chi connectivity index (χ4v) is 3.87. The highest BCUT2D eigenvalue weighted by atomic mass is 35.5. The van der Waals surface area contributed by atoms with E-state index in [1.807, 2.05) is 4.72 Å². The van der Waals surface area contributed by atoms with Gasteiger partial charge in [0.05, 0.1) is 16.5 Å². The zero-order valence-electron chi connectivity index (χ0n) is 14.3. The van der Waals surface area contributed by atoms with Gasteiger partial charge >= 0.3 is 6.18 Å². The molecule has 0 saturated heterocycles. The zero-order chi connectivity index (χ0) is 20.4. The summed E-state index contributed by atoms with van der Waals surface area (Å²) >= 11 is 5.95. The van der Waals surface area contributed by atoms with Gasteiger partial charge in [-0.1, -0.05) is 29.8 Å². The Bertz CT molecular complexity index is 962. The molecule has 0 radical (unpaired) electrons. The van der Waals surface area contributed by atoms with Crippen molar-refractivity contribution in [2.24, 2.45) is 0 Å². The molecule has 10 heteroatoms. The van der Waals surface area contributed by atoms with Gasteiger partial charge in [0, 0.05) is 10.7 Å². The number of sulfonamides is 1. The lowest BCUT2D eigenvalue weighted by Gasteiger charge is -2.18. The van der Waals surface area contributed by atoms with Crippen molar-refractivity contribution >= 4 is 33.2 Å². The molecule has 0 aromatic heterocycles. The number of hydrogen-bond donors (Lipinski definition) is 2. The highest BCUT2D eigenvalue weighted by Crippen LogP contribution is 2.34. The second-order valence-corrected chi connectivity index (χ2v) is 7.83. The van der Waals surface area contributed by atoms with E-state index in [-0.39, 0.29) is 0 Å². The van der Waals surface area contributed by atoms with Crippen molar-refractivity contribution in [1.29, 1.82) is 0 Å². The van der Waals surface area contributed by atoms with Gasteiger partial charge in [0.1, 0.15) is 0 Å². The predicted octanol–water partition coefficient (Wildman–Crippen LogP) is 3.97. The number of hydrogen-bond acceptors (Lipinski definition) is 3. The van der Waals surface area contributed by atoms with Crippen molar-refractivity contribution in [2.75, 3.05) is 5.32 Å². The molecule has 2 rings (SSSR count). The lowest BCUT2D eigenvalue weighted by atomic mass is 10.2. The third kappa shape index (κ3) is 5.00. The van der Waals surface area contributed by atoms with E-state index in [1.165, 1.54) is 13.0 Å². The molecule has 2 aromatic carbocycles. The van der Waals surface area contributed by atoms with Crippen LogP contribution >= 0.6 is 11.6 Å². The summed E-state index contributed by atoms with van der Waals surface area (Å²) in [6, 6.07) is 7.20. The second-order valence-electron chi connectivity index (χ2n) is 5.74. The standard InChI is InChI=1S/C17H16ClF3N2O3S/c1-10-13(18)7-5-8-14(10)22-16(24)11(2)23-27(25,26)15-9-4-3-6-12(15)17(19,20)21/h3-9,11,23H,1-2H3,(H,22,24)/t11-/m0/s1. The first-order chi connectivity index (χ1) is 12.4. The molecule has 27 heavy (non-hydrogen) atoms. The van der Waals surface area contributed by atoms with Crippen LogP contribution in [0.4, 0.5) is 18.9 Å². The molecule has 5 nitrogen and oxygen atoms in total. The summed E-state index contributed by atoms with van der Waals surface area (Å²) in [5, 5.41) is 2.90. The molecule has 0 aliphatic carbocycles. The lowest BCUT2D eigenvalue weighted by Crippen LogP contribution is -2.42. The zero-order valence-corrected chi connectivity index (χ0v) is 15.8. The third-order valence-electron chi connectivity index (χ3n) is 3.73. The largest absolute Gasteiger partial charge is 0.417 e. The summed E-state index contributed by atoms with van der Waals surface area (Å²) in [5.41, 5.74) is -0.366. The van der Waals surface area contributed by atoms with Crippen LogP contribution in [-0.2, 0) is 21.0 Å². The Morgan fingerprint density at radius 3 is 2.37 bits per heavy atom. The topological polar surface area (TPSA) is 75.3 Å². The minimum Gasteiger partial charge on any atom is -0.324 e. The van der Waals surface area contributed by atoms with Crippen LogP contribution in [0, 0.1) is 6.92 Å². The van der Waals surface area contributed by atoms with Crippen LogP contribution < -0.4 is 10.0 Å². The van der Waals surface area contributed by atoms with Crippen LogP contribution in [0.1, 0.15) is 18.1 Å². The normalized spacial score (nSPS) is 13.3. The fraction of sp³-hybridized carbons (Fsp3) is 0.235. The van der Waals surface area contributed by atoms with Gasteiger partial charge in [-0.2, -0.15) is 17.9 Å². The van der Waals surface area contributed by atoms with Gasteiger partial charge in [-0.3, -0.25) is 4.79 Å². The first-order valence-corrected chi connectivity index (χ1v) is 9.54. The Kier molecular flexibility index (Phi) is 6.18. The van der Waals surface area contributed by atoms with Crippen molar-refractivity contribution in [3.63, 3.8) is 0 Å². The fourth-order valence-electron chi connectivity index (χ4n) is 2.27. The maximum Gasteiger partial charge on any atom is 0.417 e. The molecule has 1 amide bonds. The van der Waals surface area contributed by atoms with E-state index < -0.39 is 38.6 Å². The van der Waals surface area contributed by atoms with Gasteiger partial charge in [0.2, 0.25) is 15.9 Å². The van der Waals surface area contributed by atoms with E-state index in [0.29, 0.717) is 22.3 Å². The van der Waals surface area contributed by atoms with E-state index in [0.717, 1.165) is 12.1 Å². The van der Waals surface area contributed by atoms with Crippen molar-refractivity contribution in [3.05, 3.63) is 58.6 Å². The average molecular weight is 421 g/mol. The molecular formula is C17H16ClF3N2O3S. The molecule has 1 atom stereocenters. The van der Waals surface area contributed by atoms with Gasteiger partial charge in [-0.25, -0.2) is 8.42 Å². The van der Waals surface area contributed by atoms with Gasteiger partial charge < -0.3 is 5.32 Å². The quantitative estimate of drug-likeness (QED) is 0.768. The minimum absolute atomic E-state index is 0.370. The monoisotopic (exact) mass is 420 g/mol. The summed E-state index contributed by atoms with van der Waals surface area (Å²) in [7, 11) is -4.59. The molecule has 0 heterocycles. The molecular weight excluding hydrogens is 405 g/mol. The smallest absolute Gasteiger partial charge is 0.324 e. The van der Waals surface area contributed by atoms with E-state index >= 15 is 0 Å². The number of nitrogens with one attached hydrogen (secondary N) is 2. The number of benzene rings is 2. The molecule has 0 saturated carbocycles. The highest BCUT2D eigenvalue weighted by Gasteiger charge is 2.37. The predicted molar refractivity (Wildman–Crippen MR) is 96.0 cm³/mol. The number of amides is 1. The number of carbonyl (C=O) groups is 1. The van der Waals surface area contributed by atoms with E-state index in [4.69, 9.17) is 11.6 Å². The Balaban J connectivity index is 2.23. The second kappa shape index (κ2) is 7.87. The number of anilines is 1. The van der Waals surface area contributed by atoms with Crippen LogP contribution in [0.25, 0.3) is 0 Å². The average Bonchev–Trinajstić information content (AvgIpc) is 2.57. The number of carbonyl (C=O) groups excluding carboxylic acids is 1. The van der Waals surface area contributed by atoms with Gasteiger partial charge in [-0.05, 0) is 43.7 Å². The number of rotatable bonds is 5. The Morgan fingerprint density at radius 2 is 1.74 bits per heavy atom. The summed E-state index contributed by atoms with van der Waals surface area (Å²) in [5.74, 6) is -0.742. The number of alkyl halides is 3. The molecule has 0 bridgehead atoms. The van der Waals surface area contributed by atoms with Crippen LogP contribution in [0.5, 0.6) is 0 Å². The summed E-state index contributed by atoms with van der Waals surface area (Å²) in [6.45, 7) is 2.88. The van der Waals surface area contributed by atoms with E-state index in [2.05, 4.69) is 5.32 Å². The maximum absolute atomic E-state index is 13.1. The minimum atomic E-state index is -4.85. The van der Waals surface area contributed by atoms with Gasteiger partial charge in [0.25, 0.3) is 0 Å². The van der Waals surface area contributed by atoms with Crippen molar-refractivity contribution in [1.82, 2.24) is 4.72 Å². The maximum atomic E-state index is 13.1. The van der Waals surface area contributed by atoms with Crippen LogP contribution in [-0.4, -0.2) is 20.4 Å². The van der Waals surface area contributed by atoms with Crippen molar-refractivity contribution in [3.8, 4) is 0 Å². The Labute approximate surface area is 159 Å². The van der Waals surface area contributed by atoms with Gasteiger partial charge in [0.15, 0.2) is 0 Å². The van der Waals surface area contributed by atoms with E-state index in [1.54, 1.807) is 25.1 Å². The van der Waals surface area contributed by atoms with Crippen molar-refractivity contribution < 1.29 is 26.4 Å². The molecule has 2 N–H and O–H groups in total. The van der Waals surface area contributed by atoms with Crippen LogP contribution in [0.2, 0.25) is 5.02 Å². The Hall–Kier alpha value is -2.10. The van der Waals surface area contributed by atoms with Gasteiger partial charge in [-0.15, -0.1) is 0 Å². The molecule has 0 aliphatic heterocycles. The lowest BCUT2D eigenvalue weighted by molar-refractivity contribution is -0.139. The van der Waals surface area contributed by atoms with Crippen molar-refractivity contribution in [2.45, 2.75) is 31.0 Å². The van der Waals surface area contributed by atoms with Crippen LogP contribution in [0.15, 0.2) is 47.4 Å². The van der Waals surface area contributed by atoms with Crippen LogP contribution in [0.3, 0.4) is 0 Å². The highest BCUT2D eigenvalue weighted by molar-refractivity contribution is 7.89. The first kappa shape index (κ1) is 21.2. The molecule has 0 fully saturated rings. The molecule has 0 spiro atoms. The molecule has 2 aromatic rings. The van der Waals surface area contributed by atoms with E-state index in [9.17, 15) is 26.4 Å². The third-order valence-corrected chi connectivity index (χ3v) is 5.74. The summed E-state index contributed by atoms with van der Waals surface area (Å²) in [4.78, 5) is 11.3. The SMILES string of the molecule is Cc1c(Cl)cccc1NC(=O)[C@H](C)NS(=O)(=O)c1ccccc1C(F)(F)F. The molecule has 0 unspecified atom stereocenters. The first-order valence-electron chi connectivity index (χ1n) is 7.68. The molecule has 146 valence electrons. The summed E-state index contributed by atoms with van der Waals surface area (Å²) < 4.78 is 65.9. The molecule has 0 aliphatic rings. The summed E-state index contributed by atoms with van der Waals surface area (Å²) in [6.07, 6.45) is -4.85.